The number of aliphatic hydroxyl groups is 2. The summed E-state index contributed by atoms with van der Waals surface area (Å²) in [4.78, 5) is 61.2. The van der Waals surface area contributed by atoms with E-state index in [2.05, 4.69) is 45.3 Å². The molecule has 31 heteroatoms. The second kappa shape index (κ2) is 14.1. The van der Waals surface area contributed by atoms with Gasteiger partial charge in [-0.15, -0.1) is 0 Å². The lowest BCUT2D eigenvalue weighted by molar-refractivity contribution is -0.746. The summed E-state index contributed by atoms with van der Waals surface area (Å²) in [5.74, 6) is -2.39. The molecule has 10 N–H and O–H groups in total. The third-order valence-electron chi connectivity index (χ3n) is 8.42. The number of nitrogens with two attached hydrogens (primary N) is 2. The Hall–Kier alpha value is -3.11. The van der Waals surface area contributed by atoms with Gasteiger partial charge in [0, 0.05) is 5.88 Å². The van der Waals surface area contributed by atoms with Crippen LogP contribution in [0.25, 0.3) is 22.3 Å². The van der Waals surface area contributed by atoms with E-state index in [-0.39, 0.29) is 34.2 Å². The fraction of sp³-hybridized carbons (Fsp3) is 0.583. The van der Waals surface area contributed by atoms with Crippen molar-refractivity contribution in [2.75, 3.05) is 24.7 Å². The molecule has 0 spiro atoms. The van der Waals surface area contributed by atoms with Crippen LogP contribution in [0.15, 0.2) is 17.4 Å². The van der Waals surface area contributed by atoms with Crippen LogP contribution < -0.4 is 26.7 Å². The summed E-state index contributed by atoms with van der Waals surface area (Å²) in [5, 5.41) is 33.6. The number of rotatable bonds is 12. The molecule has 4 aromatic rings. The summed E-state index contributed by atoms with van der Waals surface area (Å²) in [6.45, 7) is -3.65. The minimum absolute atomic E-state index is 0.0960. The number of hydrogen-bond donors (Lipinski definition) is 8. The molecule has 3 unspecified atom stereocenters. The highest BCUT2D eigenvalue weighted by atomic mass is 32.5. The number of aromatic amines is 1. The van der Waals surface area contributed by atoms with E-state index >= 15 is 0 Å². The van der Waals surface area contributed by atoms with E-state index in [9.17, 15) is 43.9 Å². The maximum atomic E-state index is 12.9. The summed E-state index contributed by atoms with van der Waals surface area (Å²) in [5.41, 5.74) is 10.5. The van der Waals surface area contributed by atoms with Gasteiger partial charge < -0.3 is 60.4 Å². The van der Waals surface area contributed by atoms with Crippen LogP contribution in [0.4, 0.5) is 11.9 Å². The number of phosphoric ester groups is 2. The van der Waals surface area contributed by atoms with Gasteiger partial charge in [0.2, 0.25) is 12.2 Å². The molecular formula is C24H33N10O17P3S. The lowest BCUT2D eigenvalue weighted by atomic mass is 10.1. The molecule has 4 aromatic heterocycles. The average Bonchev–Trinajstić information content (AvgIpc) is 3.83. The predicted octanol–water partition coefficient (Wildman–Crippen LogP) is -2.85. The molecule has 7 heterocycles. The number of nitrogens with zero attached hydrogens (tertiary/aromatic N) is 7. The smallest absolute Gasteiger partial charge is 0.479 e. The van der Waals surface area contributed by atoms with Gasteiger partial charge in [-0.25, -0.2) is 32.3 Å². The maximum absolute atomic E-state index is 12.9. The highest BCUT2D eigenvalue weighted by molar-refractivity contribution is 8.09. The molecule has 7 rings (SSSR count). The fourth-order valence-electron chi connectivity index (χ4n) is 6.31. The van der Waals surface area contributed by atoms with Crippen LogP contribution in [0.5, 0.6) is 5.88 Å². The average molecular weight is 859 g/mol. The number of H-pyrrole nitrogens is 1. The molecule has 11 atom stereocenters. The molecule has 0 saturated carbocycles. The lowest BCUT2D eigenvalue weighted by Crippen LogP contribution is -2.46. The van der Waals surface area contributed by atoms with Crippen LogP contribution in [-0.2, 0) is 64.6 Å². The number of imidazole rings is 2. The van der Waals surface area contributed by atoms with Gasteiger partial charge in [-0.1, -0.05) is 4.98 Å². The van der Waals surface area contributed by atoms with Crippen molar-refractivity contribution in [3.63, 3.8) is 0 Å². The number of aliphatic hydroxyl groups excluding tert-OH is 2. The number of ether oxygens (including phenoxy) is 4. The van der Waals surface area contributed by atoms with Crippen LogP contribution in [0.2, 0.25) is 0 Å². The minimum Gasteiger partial charge on any atom is -0.856 e. The highest BCUT2D eigenvalue weighted by Gasteiger charge is 2.58. The van der Waals surface area contributed by atoms with Crippen molar-refractivity contribution >= 4 is 68.4 Å². The van der Waals surface area contributed by atoms with Gasteiger partial charge in [-0.05, 0) is 25.7 Å². The molecule has 27 nitrogen and oxygen atoms in total. The molecular weight excluding hydrogens is 825 g/mol. The monoisotopic (exact) mass is 858 g/mol. The molecule has 0 radical (unpaired) electrons. The number of hydrogen-bond acceptors (Lipinski definition) is 21. The van der Waals surface area contributed by atoms with E-state index < -0.39 is 102 Å². The molecule has 0 amide bonds. The topological polar surface area (TPSA) is 382 Å². The highest BCUT2D eigenvalue weighted by Crippen LogP contribution is 2.68. The SMILES string of the molecule is Cn1c[n+]([C@@H]2O[C@H](COP(=O)(O)OP(O)(=S)OP(=O)(O)OC[C@@H]3O[C@H](n4cnc5c(=O)[nH]c(N)nc54)[C@@H](O)[C@H]3O)[C@H]3OC(C)(C)O[C@H]32)c2nc(N)nc([O-])c21. The molecule has 3 aliphatic rings. The van der Waals surface area contributed by atoms with E-state index in [0.29, 0.717) is 0 Å². The Kier molecular flexibility index (Phi) is 10.3. The van der Waals surface area contributed by atoms with Crippen molar-refractivity contribution in [1.29, 1.82) is 0 Å². The van der Waals surface area contributed by atoms with Gasteiger partial charge in [0.15, 0.2) is 35.0 Å². The van der Waals surface area contributed by atoms with Crippen LogP contribution in [0, 0.1) is 0 Å². The lowest BCUT2D eigenvalue weighted by Gasteiger charge is -2.24. The number of phosphoric acid groups is 2. The van der Waals surface area contributed by atoms with Gasteiger partial charge in [0.05, 0.1) is 26.6 Å². The standard InChI is InChI=1S/C24H33N10O17P3S/c1-24(2)48-14-9(47-21(15(14)49-24)34-7-32(3)11-17(34)29-23(26)31-19(11)38)5-45-53(41,42)51-54(43,55)50-52(39,40)44-4-8-12(35)13(36)20(46-8)33-6-27-10-16(33)28-22(25)30-18(10)37/h6-9,12-15,20-21,35-36H,4-5H2,1-3H3,(H8-,25,26,28,29,30,31,37,38,39,40,41,42,43,55)/t8-,9+,12-,13-,14+,15+,20-,21+,54?/m0/s1. The maximum Gasteiger partial charge on any atom is 0.479 e. The Morgan fingerprint density at radius 2 is 1.65 bits per heavy atom. The number of nitrogen functional groups attached to an aromatic ring is 2. The van der Waals surface area contributed by atoms with Crippen LogP contribution >= 0.6 is 22.4 Å². The quantitative estimate of drug-likeness (QED) is 0.0525. The Morgan fingerprint density at radius 1 is 1.02 bits per heavy atom. The van der Waals surface area contributed by atoms with Crippen molar-refractivity contribution in [3.8, 4) is 5.88 Å². The molecule has 0 aromatic carbocycles. The van der Waals surface area contributed by atoms with Gasteiger partial charge in [0.25, 0.3) is 11.5 Å². The third kappa shape index (κ3) is 7.93. The second-order valence-electron chi connectivity index (χ2n) is 12.8. The van der Waals surface area contributed by atoms with Crippen LogP contribution in [-0.4, -0.2) is 115 Å². The molecule has 3 saturated heterocycles. The van der Waals surface area contributed by atoms with Crippen molar-refractivity contribution in [2.24, 2.45) is 7.05 Å². The first-order valence-electron chi connectivity index (χ1n) is 15.7. The normalized spacial score (nSPS) is 31.1. The number of fused-ring (bicyclic) bond motifs is 3. The molecule has 3 fully saturated rings. The number of anilines is 2. The van der Waals surface area contributed by atoms with Crippen molar-refractivity contribution in [1.82, 2.24) is 34.1 Å². The Labute approximate surface area is 311 Å². The van der Waals surface area contributed by atoms with Crippen LogP contribution in [0.3, 0.4) is 0 Å². The van der Waals surface area contributed by atoms with Gasteiger partial charge in [-0.3, -0.25) is 28.0 Å². The molecule has 0 bridgehead atoms. The second-order valence-corrected chi connectivity index (χ2v) is 18.8. The zero-order chi connectivity index (χ0) is 40.0. The first kappa shape index (κ1) is 40.1. The minimum atomic E-state index is -5.46. The third-order valence-corrected chi connectivity index (χ3v) is 13.9. The van der Waals surface area contributed by atoms with Gasteiger partial charge in [0.1, 0.15) is 36.6 Å². The molecule has 302 valence electrons. The van der Waals surface area contributed by atoms with Gasteiger partial charge in [-0.2, -0.15) is 4.98 Å². The zero-order valence-corrected chi connectivity index (χ0v) is 31.9. The summed E-state index contributed by atoms with van der Waals surface area (Å²) >= 11 is 4.67. The Morgan fingerprint density at radius 3 is 2.33 bits per heavy atom. The van der Waals surface area contributed by atoms with E-state index in [1.54, 1.807) is 20.9 Å². The van der Waals surface area contributed by atoms with Crippen LogP contribution in [0.1, 0.15) is 26.3 Å². The molecule has 55 heavy (non-hydrogen) atoms. The van der Waals surface area contributed by atoms with E-state index in [4.69, 9.17) is 39.5 Å². The Balaban J connectivity index is 0.977. The number of aryl methyl sites for hydroxylation is 1. The van der Waals surface area contributed by atoms with Crippen molar-refractivity contribution in [3.05, 3.63) is 23.0 Å². The number of aromatic nitrogens is 8. The predicted molar refractivity (Wildman–Crippen MR) is 179 cm³/mol. The Bertz CT molecular complexity index is 2360. The molecule has 3 aliphatic heterocycles. The van der Waals surface area contributed by atoms with Crippen molar-refractivity contribution in [2.45, 2.75) is 68.7 Å². The van der Waals surface area contributed by atoms with Gasteiger partial charge >= 0.3 is 28.0 Å². The first-order chi connectivity index (χ1) is 25.5. The molecule has 0 aliphatic carbocycles. The summed E-state index contributed by atoms with van der Waals surface area (Å²) in [6, 6.07) is 0. The van der Waals surface area contributed by atoms with E-state index in [1.165, 1.54) is 15.5 Å². The summed E-state index contributed by atoms with van der Waals surface area (Å²) in [6.07, 6.45) is -7.90. The van der Waals surface area contributed by atoms with E-state index in [1.807, 2.05) is 0 Å². The largest absolute Gasteiger partial charge is 0.856 e. The van der Waals surface area contributed by atoms with Crippen molar-refractivity contribution < 1.29 is 80.3 Å². The van der Waals surface area contributed by atoms with E-state index in [0.717, 1.165) is 10.9 Å². The fourth-order valence-corrected chi connectivity index (χ4v) is 11.4. The first-order valence-corrected chi connectivity index (χ1v) is 21.3. The number of nitrogens with one attached hydrogen (secondary N) is 1. The zero-order valence-electron chi connectivity index (χ0n) is 28.4. The summed E-state index contributed by atoms with van der Waals surface area (Å²) in [7, 11) is -9.30. The summed E-state index contributed by atoms with van der Waals surface area (Å²) < 4.78 is 72.1.